The van der Waals surface area contributed by atoms with E-state index in [1.807, 2.05) is 0 Å². The Morgan fingerprint density at radius 1 is 1.53 bits per heavy atom. The molecule has 2 N–H and O–H groups in total. The molecule has 1 aliphatic rings. The molecular weight excluding hydrogens is 199 g/mol. The van der Waals surface area contributed by atoms with E-state index in [-0.39, 0.29) is 11.1 Å². The summed E-state index contributed by atoms with van der Waals surface area (Å²) in [6.07, 6.45) is 1.72. The highest BCUT2D eigenvalue weighted by Crippen LogP contribution is 2.48. The molecule has 1 aromatic carbocycles. The third kappa shape index (κ3) is 1.59. The minimum atomic E-state index is -0.602. The van der Waals surface area contributed by atoms with E-state index in [2.05, 4.69) is 0 Å². The minimum absolute atomic E-state index is 0.218. The zero-order valence-corrected chi connectivity index (χ0v) is 8.07. The van der Waals surface area contributed by atoms with Crippen LogP contribution < -0.4 is 5.73 Å². The molecule has 4 nitrogen and oxygen atoms in total. The van der Waals surface area contributed by atoms with Crippen LogP contribution in [0.1, 0.15) is 18.4 Å². The maximum atomic E-state index is 13.6. The van der Waals surface area contributed by atoms with Gasteiger partial charge in [0.25, 0.3) is 5.69 Å². The SMILES string of the molecule is NCC1(c2ccc([N+](=O)[O-])cc2F)CC1. The van der Waals surface area contributed by atoms with Gasteiger partial charge in [-0.05, 0) is 24.5 Å². The summed E-state index contributed by atoms with van der Waals surface area (Å²) in [5.74, 6) is -0.521. The molecule has 0 saturated heterocycles. The molecule has 1 saturated carbocycles. The van der Waals surface area contributed by atoms with E-state index in [9.17, 15) is 14.5 Å². The van der Waals surface area contributed by atoms with Crippen molar-refractivity contribution in [3.63, 3.8) is 0 Å². The number of rotatable bonds is 3. The lowest BCUT2D eigenvalue weighted by Crippen LogP contribution is -2.21. The number of benzene rings is 1. The molecule has 0 radical (unpaired) electrons. The Bertz CT molecular complexity index is 416. The second-order valence-corrected chi connectivity index (χ2v) is 3.91. The van der Waals surface area contributed by atoms with Crippen molar-refractivity contribution >= 4 is 5.69 Å². The highest BCUT2D eigenvalue weighted by molar-refractivity contribution is 5.40. The molecule has 15 heavy (non-hydrogen) atoms. The summed E-state index contributed by atoms with van der Waals surface area (Å²) >= 11 is 0. The van der Waals surface area contributed by atoms with Gasteiger partial charge >= 0.3 is 0 Å². The minimum Gasteiger partial charge on any atom is -0.330 e. The van der Waals surface area contributed by atoms with Crippen molar-refractivity contribution in [3.05, 3.63) is 39.7 Å². The number of nitrogens with zero attached hydrogens (tertiary/aromatic N) is 1. The molecule has 5 heteroatoms. The van der Waals surface area contributed by atoms with Crippen LogP contribution >= 0.6 is 0 Å². The number of nitrogens with two attached hydrogens (primary N) is 1. The Kier molecular flexibility index (Phi) is 2.19. The van der Waals surface area contributed by atoms with Crippen LogP contribution in [0.5, 0.6) is 0 Å². The Hall–Kier alpha value is -1.49. The Morgan fingerprint density at radius 3 is 2.60 bits per heavy atom. The fraction of sp³-hybridized carbons (Fsp3) is 0.400. The molecule has 1 aromatic rings. The number of hydrogen-bond donors (Lipinski definition) is 1. The first-order valence-electron chi connectivity index (χ1n) is 4.73. The summed E-state index contributed by atoms with van der Waals surface area (Å²) in [7, 11) is 0. The van der Waals surface area contributed by atoms with Gasteiger partial charge in [-0.2, -0.15) is 0 Å². The van der Waals surface area contributed by atoms with Crippen LogP contribution in [-0.4, -0.2) is 11.5 Å². The topological polar surface area (TPSA) is 69.2 Å². The summed E-state index contributed by atoms with van der Waals surface area (Å²) in [5, 5.41) is 10.4. The van der Waals surface area contributed by atoms with E-state index in [4.69, 9.17) is 5.73 Å². The fourth-order valence-corrected chi connectivity index (χ4v) is 1.78. The average molecular weight is 210 g/mol. The summed E-state index contributed by atoms with van der Waals surface area (Å²) in [5.41, 5.74) is 5.59. The van der Waals surface area contributed by atoms with E-state index >= 15 is 0 Å². The van der Waals surface area contributed by atoms with Gasteiger partial charge in [-0.1, -0.05) is 0 Å². The predicted molar refractivity (Wildman–Crippen MR) is 53.0 cm³/mol. The molecule has 0 aromatic heterocycles. The van der Waals surface area contributed by atoms with Gasteiger partial charge in [-0.25, -0.2) is 4.39 Å². The van der Waals surface area contributed by atoms with E-state index in [0.29, 0.717) is 12.1 Å². The maximum Gasteiger partial charge on any atom is 0.272 e. The number of non-ortho nitro benzene ring substituents is 1. The van der Waals surface area contributed by atoms with Crippen LogP contribution in [-0.2, 0) is 5.41 Å². The highest BCUT2D eigenvalue weighted by atomic mass is 19.1. The van der Waals surface area contributed by atoms with Crippen molar-refractivity contribution in [1.82, 2.24) is 0 Å². The normalized spacial score (nSPS) is 17.5. The quantitative estimate of drug-likeness (QED) is 0.610. The van der Waals surface area contributed by atoms with Crippen molar-refractivity contribution in [2.24, 2.45) is 5.73 Å². The lowest BCUT2D eigenvalue weighted by molar-refractivity contribution is -0.385. The van der Waals surface area contributed by atoms with Crippen LogP contribution in [0.2, 0.25) is 0 Å². The van der Waals surface area contributed by atoms with Gasteiger partial charge in [-0.3, -0.25) is 10.1 Å². The number of hydrogen-bond acceptors (Lipinski definition) is 3. The Morgan fingerprint density at radius 2 is 2.20 bits per heavy atom. The molecule has 0 spiro atoms. The van der Waals surface area contributed by atoms with E-state index < -0.39 is 10.7 Å². The molecule has 2 rings (SSSR count). The third-order valence-corrected chi connectivity index (χ3v) is 2.98. The van der Waals surface area contributed by atoms with E-state index in [1.165, 1.54) is 12.1 Å². The molecule has 80 valence electrons. The summed E-state index contributed by atoms with van der Waals surface area (Å²) in [6.45, 7) is 0.391. The zero-order valence-electron chi connectivity index (χ0n) is 8.07. The molecule has 0 heterocycles. The first-order chi connectivity index (χ1) is 7.09. The van der Waals surface area contributed by atoms with Crippen molar-refractivity contribution in [1.29, 1.82) is 0 Å². The third-order valence-electron chi connectivity index (χ3n) is 2.98. The van der Waals surface area contributed by atoms with Gasteiger partial charge in [0, 0.05) is 18.0 Å². The van der Waals surface area contributed by atoms with Crippen LogP contribution in [0.15, 0.2) is 18.2 Å². The van der Waals surface area contributed by atoms with Crippen LogP contribution in [0.3, 0.4) is 0 Å². The first kappa shape index (κ1) is 10.0. The first-order valence-corrected chi connectivity index (χ1v) is 4.73. The lowest BCUT2D eigenvalue weighted by Gasteiger charge is -2.13. The molecule has 0 aliphatic heterocycles. The Balaban J connectivity index is 2.39. The molecule has 0 unspecified atom stereocenters. The van der Waals surface area contributed by atoms with E-state index in [1.54, 1.807) is 0 Å². The van der Waals surface area contributed by atoms with Crippen LogP contribution in [0.4, 0.5) is 10.1 Å². The second kappa shape index (κ2) is 3.27. The molecule has 0 atom stereocenters. The molecule has 1 fully saturated rings. The summed E-state index contributed by atoms with van der Waals surface area (Å²) < 4.78 is 13.6. The highest BCUT2D eigenvalue weighted by Gasteiger charge is 2.44. The molecule has 0 bridgehead atoms. The van der Waals surface area contributed by atoms with Crippen molar-refractivity contribution in [2.75, 3.05) is 6.54 Å². The zero-order chi connectivity index (χ0) is 11.1. The maximum absolute atomic E-state index is 13.6. The van der Waals surface area contributed by atoms with Crippen molar-refractivity contribution in [2.45, 2.75) is 18.3 Å². The summed E-state index contributed by atoms with van der Waals surface area (Å²) in [6, 6.07) is 3.77. The van der Waals surface area contributed by atoms with Crippen LogP contribution in [0, 0.1) is 15.9 Å². The van der Waals surface area contributed by atoms with Gasteiger partial charge in [0.15, 0.2) is 0 Å². The van der Waals surface area contributed by atoms with Gasteiger partial charge in [-0.15, -0.1) is 0 Å². The molecular formula is C10H11FN2O2. The van der Waals surface area contributed by atoms with Gasteiger partial charge in [0.1, 0.15) is 5.82 Å². The van der Waals surface area contributed by atoms with Crippen molar-refractivity contribution in [3.8, 4) is 0 Å². The molecule has 0 amide bonds. The van der Waals surface area contributed by atoms with Crippen molar-refractivity contribution < 1.29 is 9.31 Å². The number of halogens is 1. The lowest BCUT2D eigenvalue weighted by atomic mass is 9.95. The fourth-order valence-electron chi connectivity index (χ4n) is 1.78. The van der Waals surface area contributed by atoms with Gasteiger partial charge < -0.3 is 5.73 Å². The predicted octanol–water partition coefficient (Wildman–Crippen LogP) is 1.72. The van der Waals surface area contributed by atoms with Gasteiger partial charge in [0.05, 0.1) is 11.0 Å². The number of nitro groups is 1. The smallest absolute Gasteiger partial charge is 0.272 e. The summed E-state index contributed by atoms with van der Waals surface area (Å²) in [4.78, 5) is 9.81. The standard InChI is InChI=1S/C10H11FN2O2/c11-9-5-7(13(14)15)1-2-8(9)10(6-12)3-4-10/h1-2,5H,3-4,6,12H2. The largest absolute Gasteiger partial charge is 0.330 e. The van der Waals surface area contributed by atoms with Crippen LogP contribution in [0.25, 0.3) is 0 Å². The Labute approximate surface area is 86.0 Å². The molecule has 1 aliphatic carbocycles. The average Bonchev–Trinajstić information content (AvgIpc) is 2.98. The number of nitro benzene ring substituents is 1. The van der Waals surface area contributed by atoms with E-state index in [0.717, 1.165) is 18.9 Å². The van der Waals surface area contributed by atoms with Gasteiger partial charge in [0.2, 0.25) is 0 Å². The monoisotopic (exact) mass is 210 g/mol. The second-order valence-electron chi connectivity index (χ2n) is 3.91.